The summed E-state index contributed by atoms with van der Waals surface area (Å²) in [5.41, 5.74) is 2.81. The Morgan fingerprint density at radius 1 is 1.00 bits per heavy atom. The number of rotatable bonds is 9. The number of aromatic nitrogens is 2. The summed E-state index contributed by atoms with van der Waals surface area (Å²) < 4.78 is 12.6. The molecule has 8 nitrogen and oxygen atoms in total. The van der Waals surface area contributed by atoms with Gasteiger partial charge in [-0.3, -0.25) is 19.5 Å². The average Bonchev–Trinajstić information content (AvgIpc) is 3.71. The van der Waals surface area contributed by atoms with Crippen LogP contribution >= 0.6 is 11.6 Å². The number of methoxy groups -OCH3 is 2. The fourth-order valence-corrected chi connectivity index (χ4v) is 4.34. The number of carbonyl (C=O) groups is 2. The van der Waals surface area contributed by atoms with Crippen LogP contribution < -0.4 is 14.8 Å². The summed E-state index contributed by atoms with van der Waals surface area (Å²) in [6, 6.07) is 21.9. The third-order valence-electron chi connectivity index (χ3n) is 6.33. The summed E-state index contributed by atoms with van der Waals surface area (Å²) in [7, 11) is 3.14. The summed E-state index contributed by atoms with van der Waals surface area (Å²) in [6.07, 6.45) is 3.58. The van der Waals surface area contributed by atoms with Gasteiger partial charge >= 0.3 is 0 Å². The van der Waals surface area contributed by atoms with Gasteiger partial charge in [-0.1, -0.05) is 41.9 Å². The number of nitrogens with one attached hydrogen (secondary N) is 1. The van der Waals surface area contributed by atoms with Crippen LogP contribution in [-0.2, 0) is 4.79 Å². The van der Waals surface area contributed by atoms with Crippen LogP contribution in [0.2, 0.25) is 5.02 Å². The Morgan fingerprint density at radius 2 is 1.71 bits per heavy atom. The molecule has 1 aliphatic carbocycles. The van der Waals surface area contributed by atoms with Crippen molar-refractivity contribution in [2.45, 2.75) is 18.9 Å². The van der Waals surface area contributed by atoms with E-state index in [4.69, 9.17) is 26.1 Å². The highest BCUT2D eigenvalue weighted by molar-refractivity contribution is 6.30. The van der Waals surface area contributed by atoms with Gasteiger partial charge < -0.3 is 14.4 Å². The Balaban J connectivity index is 1.44. The monoisotopic (exact) mass is 530 g/mol. The average molecular weight is 531 g/mol. The Labute approximate surface area is 225 Å². The molecule has 0 saturated heterocycles. The lowest BCUT2D eigenvalue weighted by Gasteiger charge is -2.22. The molecule has 38 heavy (non-hydrogen) atoms. The molecule has 3 aromatic carbocycles. The van der Waals surface area contributed by atoms with Crippen LogP contribution in [0.4, 0.5) is 5.95 Å². The second-order valence-electron chi connectivity index (χ2n) is 8.94. The Kier molecular flexibility index (Phi) is 7.33. The molecular weight excluding hydrogens is 504 g/mol. The van der Waals surface area contributed by atoms with E-state index < -0.39 is 0 Å². The molecule has 1 heterocycles. The third-order valence-corrected chi connectivity index (χ3v) is 6.58. The second kappa shape index (κ2) is 11.0. The number of anilines is 1. The first-order valence-corrected chi connectivity index (χ1v) is 12.6. The number of hydrogen-bond acceptors (Lipinski definition) is 5. The molecule has 1 N–H and O–H groups in total. The van der Waals surface area contributed by atoms with E-state index in [1.807, 2.05) is 48.7 Å². The van der Waals surface area contributed by atoms with Crippen LogP contribution in [0.3, 0.4) is 0 Å². The van der Waals surface area contributed by atoms with E-state index in [1.165, 1.54) is 0 Å². The number of amides is 2. The van der Waals surface area contributed by atoms with Gasteiger partial charge in [-0.05, 0) is 49.2 Å². The Hall–Kier alpha value is -4.30. The lowest BCUT2D eigenvalue weighted by atomic mass is 10.2. The van der Waals surface area contributed by atoms with E-state index in [0.717, 1.165) is 24.1 Å². The van der Waals surface area contributed by atoms with Crippen molar-refractivity contribution in [3.8, 4) is 28.4 Å². The minimum absolute atomic E-state index is 0.0365. The smallest absolute Gasteiger partial charge is 0.254 e. The van der Waals surface area contributed by atoms with Crippen LogP contribution in [0.1, 0.15) is 23.2 Å². The molecule has 1 aromatic heterocycles. The first kappa shape index (κ1) is 25.4. The molecule has 5 rings (SSSR count). The number of ether oxygens (including phenoxy) is 2. The van der Waals surface area contributed by atoms with E-state index in [2.05, 4.69) is 5.32 Å². The summed E-state index contributed by atoms with van der Waals surface area (Å²) in [5.74, 6) is 0.922. The predicted molar refractivity (Wildman–Crippen MR) is 146 cm³/mol. The fourth-order valence-electron chi connectivity index (χ4n) is 4.22. The lowest BCUT2D eigenvalue weighted by molar-refractivity contribution is -0.117. The SMILES string of the molecule is COc1ccc(-n2cc(-c3ccccc3)nc2NC(=O)CN(C(=O)c2ccc(Cl)cc2)C2CC2)cc1OC. The largest absolute Gasteiger partial charge is 0.493 e. The first-order chi connectivity index (χ1) is 18.5. The van der Waals surface area contributed by atoms with Gasteiger partial charge in [0.15, 0.2) is 11.5 Å². The highest BCUT2D eigenvalue weighted by Crippen LogP contribution is 2.32. The number of imidazole rings is 1. The standard InChI is InChI=1S/C29H27ClN4O4/c1-37-25-15-14-23(16-26(25)38-2)34-17-24(19-6-4-3-5-7-19)31-29(34)32-27(35)18-33(22-12-13-22)28(36)20-8-10-21(30)11-9-20/h3-11,14-17,22H,12-13,18H2,1-2H3,(H,31,32,35). The summed E-state index contributed by atoms with van der Waals surface area (Å²) >= 11 is 5.98. The molecule has 9 heteroatoms. The van der Waals surface area contributed by atoms with Gasteiger partial charge in [0.25, 0.3) is 5.91 Å². The minimum atomic E-state index is -0.342. The van der Waals surface area contributed by atoms with E-state index in [-0.39, 0.29) is 24.4 Å². The molecule has 1 fully saturated rings. The molecule has 0 bridgehead atoms. The normalized spacial score (nSPS) is 12.6. The second-order valence-corrected chi connectivity index (χ2v) is 9.38. The maximum Gasteiger partial charge on any atom is 0.254 e. The lowest BCUT2D eigenvalue weighted by Crippen LogP contribution is -2.39. The number of benzene rings is 3. The third kappa shape index (κ3) is 5.50. The van der Waals surface area contributed by atoms with Crippen molar-refractivity contribution in [2.75, 3.05) is 26.1 Å². The molecule has 0 unspecified atom stereocenters. The molecule has 1 aliphatic rings. The van der Waals surface area contributed by atoms with Crippen LogP contribution in [0.5, 0.6) is 11.5 Å². The fraction of sp³-hybridized carbons (Fsp3) is 0.207. The quantitative estimate of drug-likeness (QED) is 0.311. The zero-order valence-corrected chi connectivity index (χ0v) is 21.8. The highest BCUT2D eigenvalue weighted by atomic mass is 35.5. The summed E-state index contributed by atoms with van der Waals surface area (Å²) in [5, 5.41) is 3.47. The number of carbonyl (C=O) groups excluding carboxylic acids is 2. The maximum absolute atomic E-state index is 13.3. The van der Waals surface area contributed by atoms with Crippen molar-refractivity contribution in [2.24, 2.45) is 0 Å². The summed E-state index contributed by atoms with van der Waals surface area (Å²) in [4.78, 5) is 32.8. The first-order valence-electron chi connectivity index (χ1n) is 12.2. The molecule has 2 amide bonds. The zero-order valence-electron chi connectivity index (χ0n) is 21.1. The van der Waals surface area contributed by atoms with Crippen LogP contribution in [0.25, 0.3) is 16.9 Å². The molecule has 4 aromatic rings. The zero-order chi connectivity index (χ0) is 26.6. The van der Waals surface area contributed by atoms with Crippen molar-refractivity contribution in [3.63, 3.8) is 0 Å². The van der Waals surface area contributed by atoms with Gasteiger partial charge in [0.2, 0.25) is 11.9 Å². The van der Waals surface area contributed by atoms with E-state index in [9.17, 15) is 9.59 Å². The topological polar surface area (TPSA) is 85.7 Å². The van der Waals surface area contributed by atoms with Crippen LogP contribution in [0.15, 0.2) is 79.0 Å². The van der Waals surface area contributed by atoms with E-state index in [1.54, 1.807) is 54.0 Å². The van der Waals surface area contributed by atoms with Gasteiger partial charge in [0.1, 0.15) is 6.54 Å². The molecule has 1 saturated carbocycles. The molecule has 0 radical (unpaired) electrons. The molecular formula is C29H27ClN4O4. The predicted octanol–water partition coefficient (Wildman–Crippen LogP) is 5.45. The van der Waals surface area contributed by atoms with Crippen molar-refractivity contribution in [3.05, 3.63) is 89.6 Å². The number of nitrogens with zero attached hydrogens (tertiary/aromatic N) is 3. The molecule has 0 atom stereocenters. The Morgan fingerprint density at radius 3 is 2.37 bits per heavy atom. The highest BCUT2D eigenvalue weighted by Gasteiger charge is 2.34. The van der Waals surface area contributed by atoms with Gasteiger partial charge in [-0.15, -0.1) is 0 Å². The van der Waals surface area contributed by atoms with Crippen molar-refractivity contribution in [1.29, 1.82) is 0 Å². The molecule has 194 valence electrons. The van der Waals surface area contributed by atoms with Crippen molar-refractivity contribution in [1.82, 2.24) is 14.5 Å². The van der Waals surface area contributed by atoms with Crippen LogP contribution in [-0.4, -0.2) is 53.1 Å². The van der Waals surface area contributed by atoms with E-state index >= 15 is 0 Å². The van der Waals surface area contributed by atoms with Crippen LogP contribution in [0, 0.1) is 0 Å². The Bertz CT molecular complexity index is 1450. The number of hydrogen-bond donors (Lipinski definition) is 1. The van der Waals surface area contributed by atoms with Crippen molar-refractivity contribution < 1.29 is 19.1 Å². The van der Waals surface area contributed by atoms with Gasteiger partial charge in [-0.25, -0.2) is 4.98 Å². The molecule has 0 aliphatic heterocycles. The van der Waals surface area contributed by atoms with Gasteiger partial charge in [0.05, 0.1) is 25.6 Å². The van der Waals surface area contributed by atoms with Crippen molar-refractivity contribution >= 4 is 29.4 Å². The van der Waals surface area contributed by atoms with E-state index in [0.29, 0.717) is 33.7 Å². The number of halogens is 1. The van der Waals surface area contributed by atoms with Gasteiger partial charge in [0, 0.05) is 34.5 Å². The maximum atomic E-state index is 13.3. The van der Waals surface area contributed by atoms with Gasteiger partial charge in [-0.2, -0.15) is 0 Å². The minimum Gasteiger partial charge on any atom is -0.493 e. The summed E-state index contributed by atoms with van der Waals surface area (Å²) in [6.45, 7) is -0.0917. The molecule has 0 spiro atoms.